The van der Waals surface area contributed by atoms with Gasteiger partial charge in [0.1, 0.15) is 5.65 Å². The number of fused-ring (bicyclic) bond motifs is 4. The number of nitrogens with one attached hydrogen (secondary N) is 1. The highest BCUT2D eigenvalue weighted by molar-refractivity contribution is 6.38. The van der Waals surface area contributed by atoms with Crippen molar-refractivity contribution in [1.29, 1.82) is 0 Å². The van der Waals surface area contributed by atoms with Crippen molar-refractivity contribution in [2.24, 2.45) is 19.8 Å². The van der Waals surface area contributed by atoms with Gasteiger partial charge in [0.25, 0.3) is 5.56 Å². The summed E-state index contributed by atoms with van der Waals surface area (Å²) in [6.45, 7) is 2.10. The zero-order valence-corrected chi connectivity index (χ0v) is 18.4. The number of aromatic nitrogens is 5. The van der Waals surface area contributed by atoms with Gasteiger partial charge < -0.3 is 15.6 Å². The normalized spacial score (nSPS) is 25.4. The minimum absolute atomic E-state index is 0.0939. The van der Waals surface area contributed by atoms with Gasteiger partial charge in [-0.15, -0.1) is 0 Å². The second-order valence-electron chi connectivity index (χ2n) is 9.23. The third-order valence-corrected chi connectivity index (χ3v) is 7.50. The molecule has 2 aliphatic heterocycles. The maximum atomic E-state index is 13.5. The molecule has 8 nitrogen and oxygen atoms in total. The average Bonchev–Trinajstić information content (AvgIpc) is 3.45. The first-order valence-electron chi connectivity index (χ1n) is 10.5. The number of aromatic amines is 1. The van der Waals surface area contributed by atoms with Crippen LogP contribution in [-0.4, -0.2) is 41.9 Å². The fourth-order valence-electron chi connectivity index (χ4n) is 5.66. The van der Waals surface area contributed by atoms with Gasteiger partial charge in [-0.05, 0) is 32.3 Å². The average molecular weight is 438 g/mol. The Morgan fingerprint density at radius 3 is 2.77 bits per heavy atom. The maximum Gasteiger partial charge on any atom is 0.264 e. The molecule has 1 aromatic carbocycles. The molecule has 5 heterocycles. The molecule has 9 heteroatoms. The van der Waals surface area contributed by atoms with E-state index < -0.39 is 0 Å². The monoisotopic (exact) mass is 437 g/mol. The lowest BCUT2D eigenvalue weighted by Crippen LogP contribution is -2.49. The Balaban J connectivity index is 1.54. The number of halogens is 1. The van der Waals surface area contributed by atoms with Crippen LogP contribution in [0.3, 0.4) is 0 Å². The van der Waals surface area contributed by atoms with E-state index >= 15 is 0 Å². The molecule has 2 bridgehead atoms. The maximum absolute atomic E-state index is 13.5. The van der Waals surface area contributed by atoms with Gasteiger partial charge in [-0.1, -0.05) is 17.7 Å². The molecule has 3 atom stereocenters. The number of anilines is 1. The molecule has 4 aromatic rings. The molecule has 0 spiro atoms. The second-order valence-corrected chi connectivity index (χ2v) is 9.61. The third-order valence-electron chi connectivity index (χ3n) is 7.09. The number of hydrogen-bond donors (Lipinski definition) is 2. The van der Waals surface area contributed by atoms with Crippen molar-refractivity contribution in [3.8, 4) is 11.1 Å². The van der Waals surface area contributed by atoms with E-state index in [0.717, 1.165) is 41.3 Å². The topological polar surface area (TPSA) is 97.8 Å². The van der Waals surface area contributed by atoms with Crippen LogP contribution in [0.2, 0.25) is 5.02 Å². The molecule has 0 saturated carbocycles. The van der Waals surface area contributed by atoms with Gasteiger partial charge in [0.05, 0.1) is 15.9 Å². The molecule has 2 saturated heterocycles. The predicted molar refractivity (Wildman–Crippen MR) is 123 cm³/mol. The Kier molecular flexibility index (Phi) is 3.72. The standard InChI is InChI=1S/C22H24ClN7O/c1-22(24)8-11-4-7-16(22)30(11)21-26-19-17(20(31)29(21)3)13(9-25-19)12-5-6-15-14(18(12)23)10-28(2)27-15/h5-6,9-11,16,25H,4,7-8,24H2,1-3H3. The van der Waals surface area contributed by atoms with E-state index in [0.29, 0.717) is 28.0 Å². The van der Waals surface area contributed by atoms with Gasteiger partial charge in [-0.2, -0.15) is 10.1 Å². The lowest BCUT2D eigenvalue weighted by molar-refractivity contribution is 0.367. The number of H-pyrrole nitrogens is 1. The minimum Gasteiger partial charge on any atom is -0.345 e. The van der Waals surface area contributed by atoms with Crippen LogP contribution in [0, 0.1) is 0 Å². The van der Waals surface area contributed by atoms with Crippen molar-refractivity contribution in [2.75, 3.05) is 4.90 Å². The van der Waals surface area contributed by atoms with Gasteiger partial charge in [0.15, 0.2) is 0 Å². The summed E-state index contributed by atoms with van der Waals surface area (Å²) in [6, 6.07) is 4.36. The number of rotatable bonds is 2. The Hall–Kier alpha value is -2.84. The molecule has 31 heavy (non-hydrogen) atoms. The van der Waals surface area contributed by atoms with E-state index in [2.05, 4.69) is 21.9 Å². The van der Waals surface area contributed by atoms with E-state index in [9.17, 15) is 4.79 Å². The van der Waals surface area contributed by atoms with E-state index in [1.807, 2.05) is 31.6 Å². The Morgan fingerprint density at radius 2 is 2.06 bits per heavy atom. The highest BCUT2D eigenvalue weighted by Crippen LogP contribution is 2.45. The van der Waals surface area contributed by atoms with Gasteiger partial charge in [-0.3, -0.25) is 14.0 Å². The van der Waals surface area contributed by atoms with Gasteiger partial charge in [0.2, 0.25) is 5.95 Å². The molecule has 6 rings (SSSR count). The summed E-state index contributed by atoms with van der Waals surface area (Å²) in [4.78, 5) is 23.9. The van der Waals surface area contributed by atoms with Crippen LogP contribution in [0.4, 0.5) is 5.95 Å². The van der Waals surface area contributed by atoms with E-state index in [1.54, 1.807) is 16.3 Å². The van der Waals surface area contributed by atoms with Crippen molar-refractivity contribution >= 4 is 39.5 Å². The lowest BCUT2D eigenvalue weighted by atomic mass is 9.84. The summed E-state index contributed by atoms with van der Waals surface area (Å²) in [5.74, 6) is 0.682. The smallest absolute Gasteiger partial charge is 0.264 e. The Bertz CT molecular complexity index is 1430. The number of nitrogens with zero attached hydrogens (tertiary/aromatic N) is 5. The molecule has 3 N–H and O–H groups in total. The van der Waals surface area contributed by atoms with Crippen LogP contribution in [-0.2, 0) is 14.1 Å². The first kappa shape index (κ1) is 18.9. The number of benzene rings is 1. The molecule has 160 valence electrons. The molecular formula is C22H24ClN7O. The van der Waals surface area contributed by atoms with Crippen LogP contribution in [0.5, 0.6) is 0 Å². The summed E-state index contributed by atoms with van der Waals surface area (Å²) in [7, 11) is 3.65. The quantitative estimate of drug-likeness (QED) is 0.502. The highest BCUT2D eigenvalue weighted by atomic mass is 35.5. The second kappa shape index (κ2) is 6.11. The van der Waals surface area contributed by atoms with E-state index in [1.165, 1.54) is 0 Å². The minimum atomic E-state index is -0.261. The summed E-state index contributed by atoms with van der Waals surface area (Å²) >= 11 is 6.73. The van der Waals surface area contributed by atoms with E-state index in [-0.39, 0.29) is 17.1 Å². The molecule has 0 amide bonds. The fourth-order valence-corrected chi connectivity index (χ4v) is 5.97. The van der Waals surface area contributed by atoms with E-state index in [4.69, 9.17) is 22.3 Å². The first-order chi connectivity index (χ1) is 14.8. The fraction of sp³-hybridized carbons (Fsp3) is 0.409. The van der Waals surface area contributed by atoms with Crippen LogP contribution in [0.1, 0.15) is 26.2 Å². The predicted octanol–water partition coefficient (Wildman–Crippen LogP) is 2.93. The number of nitrogens with two attached hydrogens (primary N) is 1. The molecule has 3 aromatic heterocycles. The zero-order valence-electron chi connectivity index (χ0n) is 17.7. The number of hydrogen-bond acceptors (Lipinski definition) is 5. The van der Waals surface area contributed by atoms with Gasteiger partial charge in [-0.25, -0.2) is 0 Å². The van der Waals surface area contributed by atoms with Crippen molar-refractivity contribution in [3.63, 3.8) is 0 Å². The van der Waals surface area contributed by atoms with Crippen molar-refractivity contribution in [3.05, 3.63) is 39.9 Å². The first-order valence-corrected chi connectivity index (χ1v) is 10.9. The summed E-state index contributed by atoms with van der Waals surface area (Å²) < 4.78 is 3.39. The number of aryl methyl sites for hydroxylation is 1. The molecule has 0 radical (unpaired) electrons. The molecule has 0 aliphatic carbocycles. The zero-order chi connectivity index (χ0) is 21.7. The van der Waals surface area contributed by atoms with Gasteiger partial charge >= 0.3 is 0 Å². The molecule has 2 aliphatic rings. The third kappa shape index (κ3) is 2.49. The van der Waals surface area contributed by atoms with Crippen LogP contribution in [0.15, 0.2) is 29.3 Å². The molecule has 2 fully saturated rings. The Labute approximate surface area is 183 Å². The van der Waals surface area contributed by atoms with Gasteiger partial charge in [0, 0.05) is 60.6 Å². The summed E-state index contributed by atoms with van der Waals surface area (Å²) in [5.41, 5.74) is 9.12. The largest absolute Gasteiger partial charge is 0.345 e. The SMILES string of the molecule is Cn1cc2c(Cl)c(-c3c[nH]c4nc(N5C6CCC5C(C)(N)C6)n(C)c(=O)c34)ccc2n1. The van der Waals surface area contributed by atoms with Crippen LogP contribution in [0.25, 0.3) is 33.1 Å². The summed E-state index contributed by atoms with van der Waals surface area (Å²) in [5, 5.41) is 6.38. The van der Waals surface area contributed by atoms with Crippen LogP contribution >= 0.6 is 11.6 Å². The van der Waals surface area contributed by atoms with Crippen LogP contribution < -0.4 is 16.2 Å². The molecular weight excluding hydrogens is 414 g/mol. The van der Waals surface area contributed by atoms with Crippen molar-refractivity contribution in [2.45, 2.75) is 43.8 Å². The lowest BCUT2D eigenvalue weighted by Gasteiger charge is -2.30. The van der Waals surface area contributed by atoms with Crippen molar-refractivity contribution < 1.29 is 0 Å². The Morgan fingerprint density at radius 1 is 1.26 bits per heavy atom. The highest BCUT2D eigenvalue weighted by Gasteiger charge is 2.52. The summed E-state index contributed by atoms with van der Waals surface area (Å²) in [6.07, 6.45) is 6.74. The molecule has 3 unspecified atom stereocenters. The van der Waals surface area contributed by atoms with Crippen molar-refractivity contribution in [1.82, 2.24) is 24.3 Å².